The van der Waals surface area contributed by atoms with Gasteiger partial charge in [-0.2, -0.15) is 0 Å². The number of ether oxygens (including phenoxy) is 1. The highest BCUT2D eigenvalue weighted by atomic mass is 35.5. The highest BCUT2D eigenvalue weighted by Crippen LogP contribution is 2.20. The highest BCUT2D eigenvalue weighted by molar-refractivity contribution is 6.36. The number of amides is 3. The molecule has 0 fully saturated rings. The summed E-state index contributed by atoms with van der Waals surface area (Å²) in [5.41, 5.74) is 0.731. The number of hydrogen-bond donors (Lipinski definition) is 3. The van der Waals surface area contributed by atoms with Gasteiger partial charge in [0.1, 0.15) is 6.54 Å². The smallest absolute Gasteiger partial charge is 0.325 e. The lowest BCUT2D eigenvalue weighted by Crippen LogP contribution is -2.32. The van der Waals surface area contributed by atoms with Gasteiger partial charge in [0.2, 0.25) is 0 Å². The Hall–Kier alpha value is -3.10. The summed E-state index contributed by atoms with van der Waals surface area (Å²) in [6.45, 7) is 3.38. The predicted octanol–water partition coefficient (Wildman–Crippen LogP) is 3.29. The van der Waals surface area contributed by atoms with Gasteiger partial charge in [-0.1, -0.05) is 49.2 Å². The Morgan fingerprint density at radius 2 is 1.62 bits per heavy atom. The number of carbonyl (C=O) groups is 4. The number of hydrogen-bond acceptors (Lipinski definition) is 5. The summed E-state index contributed by atoms with van der Waals surface area (Å²) in [5.74, 6) is -2.09. The number of benzene rings is 2. The van der Waals surface area contributed by atoms with Crippen molar-refractivity contribution in [2.75, 3.05) is 25.0 Å². The van der Waals surface area contributed by atoms with E-state index >= 15 is 0 Å². The number of carbonyl (C=O) groups excluding carboxylic acids is 4. The maximum atomic E-state index is 12.3. The van der Waals surface area contributed by atoms with Gasteiger partial charge in [-0.05, 0) is 36.2 Å². The van der Waals surface area contributed by atoms with E-state index in [1.54, 1.807) is 24.3 Å². The average molecular weight is 480 g/mol. The molecule has 170 valence electrons. The van der Waals surface area contributed by atoms with E-state index in [0.29, 0.717) is 22.8 Å². The maximum absolute atomic E-state index is 12.3. The van der Waals surface area contributed by atoms with Crippen LogP contribution >= 0.6 is 23.2 Å². The van der Waals surface area contributed by atoms with E-state index < -0.39 is 30.9 Å². The van der Waals surface area contributed by atoms with Gasteiger partial charge >= 0.3 is 5.97 Å². The molecule has 0 bridgehead atoms. The molecular weight excluding hydrogens is 457 g/mol. The van der Waals surface area contributed by atoms with Crippen LogP contribution < -0.4 is 16.0 Å². The monoisotopic (exact) mass is 479 g/mol. The molecule has 0 heterocycles. The largest absolute Gasteiger partial charge is 0.454 e. The van der Waals surface area contributed by atoms with Crippen LogP contribution in [0.3, 0.4) is 0 Å². The minimum absolute atomic E-state index is 0.138. The molecule has 0 aliphatic heterocycles. The van der Waals surface area contributed by atoms with E-state index in [0.717, 1.165) is 0 Å². The number of rotatable bonds is 9. The third-order valence-electron chi connectivity index (χ3n) is 4.05. The van der Waals surface area contributed by atoms with Crippen LogP contribution in [0.2, 0.25) is 10.0 Å². The molecule has 2 aromatic rings. The normalized spacial score (nSPS) is 10.4. The Bertz CT molecular complexity index is 1010. The summed E-state index contributed by atoms with van der Waals surface area (Å²) < 4.78 is 4.87. The second kappa shape index (κ2) is 12.1. The molecular formula is C22H23Cl2N3O5. The fourth-order valence-corrected chi connectivity index (χ4v) is 2.98. The van der Waals surface area contributed by atoms with Gasteiger partial charge in [-0.15, -0.1) is 0 Å². The predicted molar refractivity (Wildman–Crippen MR) is 122 cm³/mol. The maximum Gasteiger partial charge on any atom is 0.325 e. The summed E-state index contributed by atoms with van der Waals surface area (Å²) in [5, 5.41) is 8.18. The van der Waals surface area contributed by atoms with Gasteiger partial charge in [0.25, 0.3) is 17.7 Å². The molecule has 32 heavy (non-hydrogen) atoms. The second-order valence-corrected chi connectivity index (χ2v) is 8.01. The van der Waals surface area contributed by atoms with Crippen LogP contribution in [-0.2, 0) is 14.3 Å². The molecule has 0 spiro atoms. The van der Waals surface area contributed by atoms with Crippen LogP contribution in [0.5, 0.6) is 0 Å². The van der Waals surface area contributed by atoms with E-state index in [1.165, 1.54) is 18.2 Å². The molecule has 0 aliphatic carbocycles. The molecule has 3 N–H and O–H groups in total. The first-order valence-corrected chi connectivity index (χ1v) is 10.5. The Morgan fingerprint density at radius 1 is 0.938 bits per heavy atom. The summed E-state index contributed by atoms with van der Waals surface area (Å²) >= 11 is 11.7. The van der Waals surface area contributed by atoms with Gasteiger partial charge in [-0.3, -0.25) is 19.2 Å². The van der Waals surface area contributed by atoms with Gasteiger partial charge < -0.3 is 20.7 Å². The van der Waals surface area contributed by atoms with Crippen molar-refractivity contribution in [3.8, 4) is 0 Å². The van der Waals surface area contributed by atoms with E-state index in [-0.39, 0.29) is 22.4 Å². The second-order valence-electron chi connectivity index (χ2n) is 7.17. The number of esters is 1. The molecule has 2 rings (SSSR count). The minimum atomic E-state index is -0.818. The lowest BCUT2D eigenvalue weighted by Gasteiger charge is -2.13. The SMILES string of the molecule is CC(C)CNC(=O)c1ccccc1NC(=O)COC(=O)CNC(=O)c1ccc(Cl)cc1Cl. The van der Waals surface area contributed by atoms with E-state index in [9.17, 15) is 19.2 Å². The Kier molecular flexibility index (Phi) is 9.49. The number of para-hydroxylation sites is 1. The lowest BCUT2D eigenvalue weighted by atomic mass is 10.1. The van der Waals surface area contributed by atoms with Gasteiger partial charge in [0, 0.05) is 11.6 Å². The molecule has 3 amide bonds. The van der Waals surface area contributed by atoms with E-state index in [1.807, 2.05) is 13.8 Å². The van der Waals surface area contributed by atoms with Gasteiger partial charge in [0.05, 0.1) is 21.8 Å². The van der Waals surface area contributed by atoms with Crippen LogP contribution in [0.25, 0.3) is 0 Å². The zero-order valence-corrected chi connectivity index (χ0v) is 19.0. The average Bonchev–Trinajstić information content (AvgIpc) is 2.74. The lowest BCUT2D eigenvalue weighted by molar-refractivity contribution is -0.146. The van der Waals surface area contributed by atoms with Crippen LogP contribution in [0.4, 0.5) is 5.69 Å². The number of nitrogens with one attached hydrogen (secondary N) is 3. The quantitative estimate of drug-likeness (QED) is 0.477. The summed E-state index contributed by atoms with van der Waals surface area (Å²) in [6.07, 6.45) is 0. The Balaban J connectivity index is 1.83. The summed E-state index contributed by atoms with van der Waals surface area (Å²) in [4.78, 5) is 48.4. The van der Waals surface area contributed by atoms with Crippen LogP contribution in [0.15, 0.2) is 42.5 Å². The van der Waals surface area contributed by atoms with Crippen molar-refractivity contribution < 1.29 is 23.9 Å². The molecule has 2 aromatic carbocycles. The fraction of sp³-hybridized carbons (Fsp3) is 0.273. The van der Waals surface area contributed by atoms with Crippen molar-refractivity contribution in [1.82, 2.24) is 10.6 Å². The molecule has 10 heteroatoms. The van der Waals surface area contributed by atoms with Crippen molar-refractivity contribution in [1.29, 1.82) is 0 Å². The molecule has 0 saturated heterocycles. The van der Waals surface area contributed by atoms with Gasteiger partial charge in [-0.25, -0.2) is 0 Å². The van der Waals surface area contributed by atoms with E-state index in [2.05, 4.69) is 16.0 Å². The van der Waals surface area contributed by atoms with Crippen LogP contribution in [0, 0.1) is 5.92 Å². The van der Waals surface area contributed by atoms with Crippen LogP contribution in [-0.4, -0.2) is 43.4 Å². The molecule has 0 unspecified atom stereocenters. The standard InChI is InChI=1S/C22H23Cl2N3O5/c1-13(2)10-25-22(31)16-5-3-4-6-18(16)27-19(28)12-32-20(29)11-26-21(30)15-8-7-14(23)9-17(15)24/h3-9,13H,10-12H2,1-2H3,(H,25,31)(H,26,30)(H,27,28). The zero-order valence-electron chi connectivity index (χ0n) is 17.5. The van der Waals surface area contributed by atoms with Crippen molar-refractivity contribution in [3.63, 3.8) is 0 Å². The molecule has 0 radical (unpaired) electrons. The van der Waals surface area contributed by atoms with E-state index in [4.69, 9.17) is 27.9 Å². The minimum Gasteiger partial charge on any atom is -0.454 e. The summed E-state index contributed by atoms with van der Waals surface area (Å²) in [6, 6.07) is 10.8. The Morgan fingerprint density at radius 3 is 2.31 bits per heavy atom. The number of anilines is 1. The van der Waals surface area contributed by atoms with Crippen molar-refractivity contribution >= 4 is 52.6 Å². The first-order chi connectivity index (χ1) is 15.2. The molecule has 8 nitrogen and oxygen atoms in total. The van der Waals surface area contributed by atoms with Crippen molar-refractivity contribution in [3.05, 3.63) is 63.6 Å². The third kappa shape index (κ3) is 7.86. The first-order valence-electron chi connectivity index (χ1n) is 9.73. The first kappa shape index (κ1) is 25.2. The molecule has 0 aromatic heterocycles. The van der Waals surface area contributed by atoms with Crippen molar-refractivity contribution in [2.45, 2.75) is 13.8 Å². The molecule has 0 atom stereocenters. The van der Waals surface area contributed by atoms with Crippen LogP contribution in [0.1, 0.15) is 34.6 Å². The third-order valence-corrected chi connectivity index (χ3v) is 4.60. The highest BCUT2D eigenvalue weighted by Gasteiger charge is 2.16. The van der Waals surface area contributed by atoms with Crippen molar-refractivity contribution in [2.24, 2.45) is 5.92 Å². The topological polar surface area (TPSA) is 114 Å². The molecule has 0 saturated carbocycles. The fourth-order valence-electron chi connectivity index (χ4n) is 2.49. The number of halogens is 2. The Labute approximate surface area is 195 Å². The molecule has 0 aliphatic rings. The summed E-state index contributed by atoms with van der Waals surface area (Å²) in [7, 11) is 0. The van der Waals surface area contributed by atoms with Gasteiger partial charge in [0.15, 0.2) is 6.61 Å². The zero-order chi connectivity index (χ0) is 23.7.